The molecule has 4 aliphatic heterocycles. The van der Waals surface area contributed by atoms with E-state index >= 15 is 0 Å². The number of ether oxygens (including phenoxy) is 1. The maximum atomic E-state index is 5.48. The topological polar surface area (TPSA) is 34.2 Å². The Balaban J connectivity index is 1.26. The molecule has 150 valence electrons. The molecule has 5 nitrogen and oxygen atoms in total. The second kappa shape index (κ2) is 6.70. The first-order valence-electron chi connectivity index (χ1n) is 10.6. The number of hydrogen-bond acceptors (Lipinski definition) is 5. The van der Waals surface area contributed by atoms with Crippen molar-refractivity contribution in [2.24, 2.45) is 5.41 Å². The van der Waals surface area contributed by atoms with Gasteiger partial charge < -0.3 is 4.74 Å². The van der Waals surface area contributed by atoms with Crippen LogP contribution >= 0.6 is 0 Å². The predicted octanol–water partition coefficient (Wildman–Crippen LogP) is 3.23. The molecule has 0 aromatic carbocycles. The first-order valence-corrected chi connectivity index (χ1v) is 10.6. The van der Waals surface area contributed by atoms with Crippen LogP contribution in [0.25, 0.3) is 0 Å². The molecule has 0 aliphatic carbocycles. The van der Waals surface area contributed by atoms with E-state index in [9.17, 15) is 0 Å². The fraction of sp³-hybridized carbons (Fsp3) is 1.00. The Hall–Kier alpha value is -0.200. The highest BCUT2D eigenvalue weighted by molar-refractivity contribution is 4.97. The van der Waals surface area contributed by atoms with Gasteiger partial charge in [0.1, 0.15) is 12.2 Å². The quantitative estimate of drug-likeness (QED) is 0.698. The van der Waals surface area contributed by atoms with E-state index in [1.54, 1.807) is 0 Å². The van der Waals surface area contributed by atoms with Gasteiger partial charge in [-0.15, -0.1) is 0 Å². The maximum absolute atomic E-state index is 5.48. The number of piperidine rings is 2. The van der Waals surface area contributed by atoms with Gasteiger partial charge in [-0.05, 0) is 79.3 Å². The molecule has 0 radical (unpaired) electrons. The minimum Gasteiger partial charge on any atom is -0.380 e. The molecule has 4 heterocycles. The Morgan fingerprint density at radius 1 is 0.731 bits per heavy atom. The molecular weight excluding hydrogens is 328 g/mol. The predicted molar refractivity (Wildman–Crippen MR) is 102 cm³/mol. The van der Waals surface area contributed by atoms with Crippen LogP contribution < -0.4 is 0 Å². The molecule has 0 aromatic heterocycles. The molecule has 0 saturated carbocycles. The van der Waals surface area contributed by atoms with Crippen molar-refractivity contribution >= 4 is 0 Å². The molecule has 26 heavy (non-hydrogen) atoms. The lowest BCUT2D eigenvalue weighted by atomic mass is 9.75. The Morgan fingerprint density at radius 2 is 1.19 bits per heavy atom. The van der Waals surface area contributed by atoms with Crippen molar-refractivity contribution in [2.45, 2.75) is 82.9 Å². The van der Waals surface area contributed by atoms with Crippen LogP contribution in [-0.2, 0) is 14.5 Å². The van der Waals surface area contributed by atoms with E-state index in [1.807, 2.05) is 0 Å². The summed E-state index contributed by atoms with van der Waals surface area (Å²) < 4.78 is 5.48. The fourth-order valence-corrected chi connectivity index (χ4v) is 5.17. The van der Waals surface area contributed by atoms with Crippen LogP contribution in [0.15, 0.2) is 0 Å². The van der Waals surface area contributed by atoms with E-state index in [2.05, 4.69) is 37.5 Å². The minimum absolute atomic E-state index is 0.0425. The molecule has 0 unspecified atom stereocenters. The van der Waals surface area contributed by atoms with Crippen molar-refractivity contribution < 1.29 is 14.5 Å². The Kier molecular flexibility index (Phi) is 4.93. The van der Waals surface area contributed by atoms with Crippen molar-refractivity contribution in [3.05, 3.63) is 0 Å². The van der Waals surface area contributed by atoms with Crippen LogP contribution in [0.1, 0.15) is 66.2 Å². The summed E-state index contributed by atoms with van der Waals surface area (Å²) in [6, 6.07) is 0. The average Bonchev–Trinajstić information content (AvgIpc) is 2.58. The molecule has 0 bridgehead atoms. The highest BCUT2D eigenvalue weighted by atomic mass is 17.2. The van der Waals surface area contributed by atoms with Crippen molar-refractivity contribution in [3.8, 4) is 0 Å². The van der Waals surface area contributed by atoms with E-state index in [0.717, 1.165) is 45.8 Å². The molecule has 4 rings (SSSR count). The van der Waals surface area contributed by atoms with Crippen molar-refractivity contribution in [1.29, 1.82) is 0 Å². The number of nitrogens with zero attached hydrogens (tertiary/aromatic N) is 2. The van der Waals surface area contributed by atoms with Gasteiger partial charge in [-0.3, -0.25) is 9.80 Å². The van der Waals surface area contributed by atoms with Gasteiger partial charge >= 0.3 is 0 Å². The zero-order valence-electron chi connectivity index (χ0n) is 17.3. The summed E-state index contributed by atoms with van der Waals surface area (Å²) in [5.74, 6) is 0. The van der Waals surface area contributed by atoms with Gasteiger partial charge in [-0.25, -0.2) is 9.78 Å². The molecular formula is C21H38N2O3. The summed E-state index contributed by atoms with van der Waals surface area (Å²) in [5.41, 5.74) is 1.11. The van der Waals surface area contributed by atoms with E-state index in [0.29, 0.717) is 5.41 Å². The standard InChI is InChI=1S/C21H38N2O3/c1-18(2,22-11-7-20(8-12-22)15-24-16-20)5-6-19(3,4)23-13-9-21(10-14-23)17-25-26-21/h5-17H2,1-4H3. The van der Waals surface area contributed by atoms with Crippen LogP contribution in [0, 0.1) is 5.41 Å². The third-order valence-corrected chi connectivity index (χ3v) is 7.93. The zero-order valence-corrected chi connectivity index (χ0v) is 17.3. The van der Waals surface area contributed by atoms with Gasteiger partial charge in [-0.1, -0.05) is 0 Å². The summed E-state index contributed by atoms with van der Waals surface area (Å²) in [6.07, 6.45) is 7.35. The lowest BCUT2D eigenvalue weighted by molar-refractivity contribution is -0.477. The Morgan fingerprint density at radius 3 is 1.54 bits per heavy atom. The summed E-state index contributed by atoms with van der Waals surface area (Å²) in [6.45, 7) is 17.3. The Bertz CT molecular complexity index is 445. The van der Waals surface area contributed by atoms with Gasteiger partial charge in [0.15, 0.2) is 0 Å². The summed E-state index contributed by atoms with van der Waals surface area (Å²) in [7, 11) is 0. The first-order chi connectivity index (χ1) is 12.2. The molecule has 4 saturated heterocycles. The second-order valence-corrected chi connectivity index (χ2v) is 10.6. The van der Waals surface area contributed by atoms with E-state index in [-0.39, 0.29) is 16.7 Å². The average molecular weight is 367 g/mol. The molecule has 2 spiro atoms. The summed E-state index contributed by atoms with van der Waals surface area (Å²) >= 11 is 0. The number of hydrogen-bond donors (Lipinski definition) is 0. The molecule has 0 atom stereocenters. The molecule has 0 amide bonds. The molecule has 4 aliphatic rings. The highest BCUT2D eigenvalue weighted by Crippen LogP contribution is 2.41. The molecule has 0 aromatic rings. The largest absolute Gasteiger partial charge is 0.380 e. The van der Waals surface area contributed by atoms with E-state index in [4.69, 9.17) is 14.5 Å². The van der Waals surface area contributed by atoms with Gasteiger partial charge in [0.25, 0.3) is 0 Å². The van der Waals surface area contributed by atoms with Crippen LogP contribution in [0.2, 0.25) is 0 Å². The fourth-order valence-electron chi connectivity index (χ4n) is 5.17. The summed E-state index contributed by atoms with van der Waals surface area (Å²) in [4.78, 5) is 15.8. The second-order valence-electron chi connectivity index (χ2n) is 10.6. The number of rotatable bonds is 5. The lowest BCUT2D eigenvalue weighted by Gasteiger charge is -2.52. The first kappa shape index (κ1) is 19.1. The third-order valence-electron chi connectivity index (χ3n) is 7.93. The maximum Gasteiger partial charge on any atom is 0.132 e. The van der Waals surface area contributed by atoms with Gasteiger partial charge in [0.2, 0.25) is 0 Å². The van der Waals surface area contributed by atoms with Crippen LogP contribution in [0.4, 0.5) is 0 Å². The smallest absolute Gasteiger partial charge is 0.132 e. The van der Waals surface area contributed by atoms with Gasteiger partial charge in [0.05, 0.1) is 13.2 Å². The Labute approximate surface area is 159 Å². The highest BCUT2D eigenvalue weighted by Gasteiger charge is 2.47. The van der Waals surface area contributed by atoms with Crippen LogP contribution in [0.3, 0.4) is 0 Å². The molecule has 0 N–H and O–H groups in total. The van der Waals surface area contributed by atoms with Crippen LogP contribution in [0.5, 0.6) is 0 Å². The normalized spacial score (nSPS) is 29.5. The van der Waals surface area contributed by atoms with E-state index < -0.39 is 0 Å². The lowest BCUT2D eigenvalue weighted by Crippen LogP contribution is -2.59. The van der Waals surface area contributed by atoms with Crippen molar-refractivity contribution in [3.63, 3.8) is 0 Å². The van der Waals surface area contributed by atoms with Crippen molar-refractivity contribution in [2.75, 3.05) is 46.0 Å². The van der Waals surface area contributed by atoms with Gasteiger partial charge in [-0.2, -0.15) is 0 Å². The van der Waals surface area contributed by atoms with Crippen LogP contribution in [-0.4, -0.2) is 72.5 Å². The van der Waals surface area contributed by atoms with E-state index in [1.165, 1.54) is 38.8 Å². The minimum atomic E-state index is 0.0425. The SMILES string of the molecule is CC(C)(CCC(C)(C)N1CCC2(CC1)COO2)N1CCC2(CC1)COC2. The molecule has 4 fully saturated rings. The summed E-state index contributed by atoms with van der Waals surface area (Å²) in [5, 5.41) is 0. The monoisotopic (exact) mass is 366 g/mol. The van der Waals surface area contributed by atoms with Gasteiger partial charge in [0, 0.05) is 29.6 Å². The zero-order chi connectivity index (χ0) is 18.5. The third kappa shape index (κ3) is 3.58. The molecule has 5 heteroatoms. The van der Waals surface area contributed by atoms with Crippen molar-refractivity contribution in [1.82, 2.24) is 9.80 Å². The number of likely N-dealkylation sites (tertiary alicyclic amines) is 2.